The van der Waals surface area contributed by atoms with Crippen LogP contribution in [-0.4, -0.2) is 23.0 Å². The molecule has 0 aromatic heterocycles. The third kappa shape index (κ3) is 3.97. The number of benzene rings is 1. The lowest BCUT2D eigenvalue weighted by Crippen LogP contribution is -2.40. The SMILES string of the molecule is C[C@@]1(CN[C@H](C(N)=O)c2cccc(Br)c2)CCCS1. The first kappa shape index (κ1) is 14.9. The van der Waals surface area contributed by atoms with Gasteiger partial charge in [0.1, 0.15) is 6.04 Å². The van der Waals surface area contributed by atoms with Crippen LogP contribution in [0, 0.1) is 0 Å². The van der Waals surface area contributed by atoms with Crippen molar-refractivity contribution in [1.82, 2.24) is 5.32 Å². The van der Waals surface area contributed by atoms with Gasteiger partial charge >= 0.3 is 0 Å². The maximum atomic E-state index is 11.7. The molecule has 19 heavy (non-hydrogen) atoms. The van der Waals surface area contributed by atoms with E-state index in [0.717, 1.165) is 16.6 Å². The highest BCUT2D eigenvalue weighted by Gasteiger charge is 2.31. The second kappa shape index (κ2) is 6.29. The lowest BCUT2D eigenvalue weighted by Gasteiger charge is -2.26. The zero-order valence-corrected chi connectivity index (χ0v) is 13.4. The Labute approximate surface area is 126 Å². The van der Waals surface area contributed by atoms with E-state index >= 15 is 0 Å². The number of carbonyl (C=O) groups excluding carboxylic acids is 1. The highest BCUT2D eigenvalue weighted by atomic mass is 79.9. The predicted molar refractivity (Wildman–Crippen MR) is 84.2 cm³/mol. The van der Waals surface area contributed by atoms with Gasteiger partial charge < -0.3 is 11.1 Å². The summed E-state index contributed by atoms with van der Waals surface area (Å²) in [5.41, 5.74) is 6.43. The summed E-state index contributed by atoms with van der Waals surface area (Å²) in [5, 5.41) is 3.33. The molecule has 1 aliphatic rings. The third-order valence-electron chi connectivity index (χ3n) is 3.45. The molecule has 2 atom stereocenters. The number of thioether (sulfide) groups is 1. The Balaban J connectivity index is 2.06. The molecular formula is C14H19BrN2OS. The number of primary amides is 1. The van der Waals surface area contributed by atoms with Gasteiger partial charge in [-0.05, 0) is 43.2 Å². The van der Waals surface area contributed by atoms with Crippen LogP contribution < -0.4 is 11.1 Å². The first-order valence-electron chi connectivity index (χ1n) is 6.42. The molecule has 5 heteroatoms. The Morgan fingerprint density at radius 3 is 3.00 bits per heavy atom. The molecule has 0 bridgehead atoms. The van der Waals surface area contributed by atoms with Crippen molar-refractivity contribution in [1.29, 1.82) is 0 Å². The number of hydrogen-bond donors (Lipinski definition) is 2. The van der Waals surface area contributed by atoms with E-state index in [1.54, 1.807) is 0 Å². The predicted octanol–water partition coefficient (Wildman–Crippen LogP) is 2.85. The van der Waals surface area contributed by atoms with Crippen LogP contribution in [0.5, 0.6) is 0 Å². The van der Waals surface area contributed by atoms with Crippen molar-refractivity contribution in [2.75, 3.05) is 12.3 Å². The zero-order valence-electron chi connectivity index (χ0n) is 11.0. The van der Waals surface area contributed by atoms with Crippen molar-refractivity contribution >= 4 is 33.6 Å². The van der Waals surface area contributed by atoms with E-state index in [-0.39, 0.29) is 10.7 Å². The fourth-order valence-corrected chi connectivity index (χ4v) is 4.04. The van der Waals surface area contributed by atoms with Gasteiger partial charge in [-0.2, -0.15) is 11.8 Å². The largest absolute Gasteiger partial charge is 0.368 e. The van der Waals surface area contributed by atoms with Crippen LogP contribution in [0.25, 0.3) is 0 Å². The van der Waals surface area contributed by atoms with Crippen LogP contribution in [0.1, 0.15) is 31.4 Å². The lowest BCUT2D eigenvalue weighted by atomic mass is 10.0. The summed E-state index contributed by atoms with van der Waals surface area (Å²) in [7, 11) is 0. The van der Waals surface area contributed by atoms with E-state index in [9.17, 15) is 4.79 Å². The Morgan fingerprint density at radius 1 is 1.63 bits per heavy atom. The quantitative estimate of drug-likeness (QED) is 0.864. The molecule has 1 amide bonds. The first-order valence-corrected chi connectivity index (χ1v) is 8.20. The first-order chi connectivity index (χ1) is 9.00. The highest BCUT2D eigenvalue weighted by molar-refractivity contribution is 9.10. The molecule has 1 aliphatic heterocycles. The standard InChI is InChI=1S/C14H19BrN2OS/c1-14(6-3-7-19-14)9-17-12(13(16)18)10-4-2-5-11(15)8-10/h2,4-5,8,12,17H,3,6-7,9H2,1H3,(H2,16,18)/t12-,14-/m0/s1. The van der Waals surface area contributed by atoms with Crippen LogP contribution in [0.2, 0.25) is 0 Å². The lowest BCUT2D eigenvalue weighted by molar-refractivity contribution is -0.120. The van der Waals surface area contributed by atoms with Gasteiger partial charge in [-0.15, -0.1) is 0 Å². The van der Waals surface area contributed by atoms with Crippen molar-refractivity contribution in [2.45, 2.75) is 30.6 Å². The summed E-state index contributed by atoms with van der Waals surface area (Å²) in [4.78, 5) is 11.7. The molecule has 1 heterocycles. The number of rotatable bonds is 5. The van der Waals surface area contributed by atoms with Gasteiger partial charge in [0.05, 0.1) is 0 Å². The van der Waals surface area contributed by atoms with E-state index < -0.39 is 6.04 Å². The number of hydrogen-bond acceptors (Lipinski definition) is 3. The molecule has 0 spiro atoms. The van der Waals surface area contributed by atoms with Gasteiger partial charge in [0.15, 0.2) is 0 Å². The van der Waals surface area contributed by atoms with Gasteiger partial charge in [-0.25, -0.2) is 0 Å². The summed E-state index contributed by atoms with van der Waals surface area (Å²) >= 11 is 5.40. The Hall–Kier alpha value is -0.520. The molecule has 3 nitrogen and oxygen atoms in total. The molecule has 1 aromatic carbocycles. The van der Waals surface area contributed by atoms with Gasteiger partial charge in [0.25, 0.3) is 0 Å². The number of carbonyl (C=O) groups is 1. The van der Waals surface area contributed by atoms with E-state index in [2.05, 4.69) is 28.2 Å². The second-order valence-electron chi connectivity index (χ2n) is 5.17. The summed E-state index contributed by atoms with van der Waals surface area (Å²) < 4.78 is 1.18. The molecule has 1 fully saturated rings. The number of nitrogens with two attached hydrogens (primary N) is 1. The van der Waals surface area contributed by atoms with E-state index in [0.29, 0.717) is 0 Å². The second-order valence-corrected chi connectivity index (χ2v) is 7.77. The summed E-state index contributed by atoms with van der Waals surface area (Å²) in [6.07, 6.45) is 2.44. The minimum absolute atomic E-state index is 0.222. The number of halogens is 1. The average Bonchev–Trinajstić information content (AvgIpc) is 2.76. The molecule has 1 aromatic rings. The highest BCUT2D eigenvalue weighted by Crippen LogP contribution is 2.37. The van der Waals surface area contributed by atoms with Crippen LogP contribution in [0.3, 0.4) is 0 Å². The van der Waals surface area contributed by atoms with Crippen molar-refractivity contribution in [2.24, 2.45) is 5.73 Å². The summed E-state index contributed by atoms with van der Waals surface area (Å²) in [6.45, 7) is 3.05. The Bertz CT molecular complexity index is 461. The topological polar surface area (TPSA) is 55.1 Å². The average molecular weight is 343 g/mol. The fraction of sp³-hybridized carbons (Fsp3) is 0.500. The molecule has 1 saturated heterocycles. The van der Waals surface area contributed by atoms with Crippen LogP contribution in [-0.2, 0) is 4.79 Å². The van der Waals surface area contributed by atoms with E-state index in [4.69, 9.17) is 5.73 Å². The minimum Gasteiger partial charge on any atom is -0.368 e. The van der Waals surface area contributed by atoms with Crippen LogP contribution >= 0.6 is 27.7 Å². The van der Waals surface area contributed by atoms with Crippen molar-refractivity contribution in [3.8, 4) is 0 Å². The zero-order chi connectivity index (χ0) is 13.9. The number of amides is 1. The van der Waals surface area contributed by atoms with Crippen molar-refractivity contribution < 1.29 is 4.79 Å². The molecule has 104 valence electrons. The summed E-state index contributed by atoms with van der Waals surface area (Å²) in [6, 6.07) is 7.30. The summed E-state index contributed by atoms with van der Waals surface area (Å²) in [5.74, 6) is 0.876. The van der Waals surface area contributed by atoms with Crippen molar-refractivity contribution in [3.63, 3.8) is 0 Å². The van der Waals surface area contributed by atoms with Crippen molar-refractivity contribution in [3.05, 3.63) is 34.3 Å². The molecular weight excluding hydrogens is 324 g/mol. The molecule has 3 N–H and O–H groups in total. The molecule has 0 aliphatic carbocycles. The monoisotopic (exact) mass is 342 g/mol. The van der Waals surface area contributed by atoms with E-state index in [1.165, 1.54) is 18.6 Å². The fourth-order valence-electron chi connectivity index (χ4n) is 2.36. The molecule has 0 unspecified atom stereocenters. The van der Waals surface area contributed by atoms with Crippen LogP contribution in [0.15, 0.2) is 28.7 Å². The van der Waals surface area contributed by atoms with Crippen LogP contribution in [0.4, 0.5) is 0 Å². The van der Waals surface area contributed by atoms with Gasteiger partial charge in [-0.1, -0.05) is 28.1 Å². The smallest absolute Gasteiger partial charge is 0.239 e. The molecule has 0 saturated carbocycles. The van der Waals surface area contributed by atoms with E-state index in [1.807, 2.05) is 36.0 Å². The normalized spacial score (nSPS) is 24.3. The van der Waals surface area contributed by atoms with Gasteiger partial charge in [0, 0.05) is 15.8 Å². The molecule has 0 radical (unpaired) electrons. The Morgan fingerprint density at radius 2 is 2.42 bits per heavy atom. The Kier molecular flexibility index (Phi) is 4.92. The number of nitrogens with one attached hydrogen (secondary N) is 1. The third-order valence-corrected chi connectivity index (χ3v) is 5.48. The maximum absolute atomic E-state index is 11.7. The maximum Gasteiger partial charge on any atom is 0.239 e. The van der Waals surface area contributed by atoms with Gasteiger partial charge in [0.2, 0.25) is 5.91 Å². The minimum atomic E-state index is -0.421. The molecule has 2 rings (SSSR count). The van der Waals surface area contributed by atoms with Gasteiger partial charge in [-0.3, -0.25) is 4.79 Å².